The summed E-state index contributed by atoms with van der Waals surface area (Å²) in [7, 11) is -3.51. The summed E-state index contributed by atoms with van der Waals surface area (Å²) in [5.41, 5.74) is 0.221. The minimum atomic E-state index is -3.51. The van der Waals surface area contributed by atoms with Gasteiger partial charge in [-0.2, -0.15) is 0 Å². The van der Waals surface area contributed by atoms with Crippen LogP contribution in [-0.4, -0.2) is 20.6 Å². The number of nitrogens with one attached hydrogen (secondary N) is 1. The lowest BCUT2D eigenvalue weighted by molar-refractivity contribution is 0.103. The molecule has 2 aromatic carbocycles. The molecule has 3 rings (SSSR count). The highest BCUT2D eigenvalue weighted by atomic mass is 35.5. The third-order valence-corrected chi connectivity index (χ3v) is 5.87. The van der Waals surface area contributed by atoms with Crippen LogP contribution in [0.3, 0.4) is 0 Å². The van der Waals surface area contributed by atoms with Crippen molar-refractivity contribution in [3.8, 4) is 11.1 Å². The van der Waals surface area contributed by atoms with Crippen molar-refractivity contribution in [2.24, 2.45) is 0 Å². The molecule has 9 heteroatoms. The molecule has 1 amide bonds. The van der Waals surface area contributed by atoms with E-state index in [1.54, 1.807) is 0 Å². The molecule has 0 spiro atoms. The SMILES string of the molecule is CS(=O)(=O)c1cc(Cl)cc(NC(=O)c2cc(-c3c(F)cccc3F)cs2)c1. The minimum Gasteiger partial charge on any atom is -0.321 e. The summed E-state index contributed by atoms with van der Waals surface area (Å²) in [6, 6.07) is 8.85. The number of anilines is 1. The van der Waals surface area contributed by atoms with Crippen molar-refractivity contribution in [1.29, 1.82) is 0 Å². The minimum absolute atomic E-state index is 0.0365. The van der Waals surface area contributed by atoms with E-state index in [1.165, 1.54) is 35.7 Å². The number of hydrogen-bond acceptors (Lipinski definition) is 4. The fraction of sp³-hybridized carbons (Fsp3) is 0.0556. The molecule has 0 unspecified atom stereocenters. The Bertz CT molecular complexity index is 1120. The predicted molar refractivity (Wildman–Crippen MR) is 102 cm³/mol. The topological polar surface area (TPSA) is 63.2 Å². The van der Waals surface area contributed by atoms with Crippen LogP contribution < -0.4 is 5.32 Å². The van der Waals surface area contributed by atoms with Crippen LogP contribution in [0.5, 0.6) is 0 Å². The summed E-state index contributed by atoms with van der Waals surface area (Å²) >= 11 is 6.91. The first-order valence-corrected chi connectivity index (χ1v) is 10.6. The van der Waals surface area contributed by atoms with E-state index in [9.17, 15) is 22.0 Å². The third kappa shape index (κ3) is 4.35. The molecular formula is C18H12ClF2NO3S2. The molecule has 1 heterocycles. The van der Waals surface area contributed by atoms with Crippen LogP contribution in [0.1, 0.15) is 9.67 Å². The van der Waals surface area contributed by atoms with Gasteiger partial charge in [-0.1, -0.05) is 17.7 Å². The summed E-state index contributed by atoms with van der Waals surface area (Å²) < 4.78 is 51.1. The second-order valence-electron chi connectivity index (χ2n) is 5.70. The number of rotatable bonds is 4. The van der Waals surface area contributed by atoms with Crippen LogP contribution >= 0.6 is 22.9 Å². The lowest BCUT2D eigenvalue weighted by atomic mass is 10.1. The molecule has 1 aromatic heterocycles. The van der Waals surface area contributed by atoms with Crippen molar-refractivity contribution in [2.75, 3.05) is 11.6 Å². The van der Waals surface area contributed by atoms with Gasteiger partial charge in [0.1, 0.15) is 11.6 Å². The molecule has 3 aromatic rings. The Balaban J connectivity index is 1.89. The van der Waals surface area contributed by atoms with Gasteiger partial charge in [0, 0.05) is 17.0 Å². The van der Waals surface area contributed by atoms with Crippen LogP contribution in [0.4, 0.5) is 14.5 Å². The van der Waals surface area contributed by atoms with Gasteiger partial charge in [-0.25, -0.2) is 17.2 Å². The summed E-state index contributed by atoms with van der Waals surface area (Å²) in [5, 5.41) is 4.16. The van der Waals surface area contributed by atoms with Crippen LogP contribution in [0, 0.1) is 11.6 Å². The zero-order chi connectivity index (χ0) is 19.8. The number of sulfone groups is 1. The fourth-order valence-corrected chi connectivity index (χ4v) is 4.18. The van der Waals surface area contributed by atoms with Gasteiger partial charge in [0.15, 0.2) is 9.84 Å². The molecule has 27 heavy (non-hydrogen) atoms. The van der Waals surface area contributed by atoms with Gasteiger partial charge in [-0.15, -0.1) is 11.3 Å². The van der Waals surface area contributed by atoms with Gasteiger partial charge < -0.3 is 5.32 Å². The first-order chi connectivity index (χ1) is 12.6. The average molecular weight is 428 g/mol. The van der Waals surface area contributed by atoms with E-state index in [1.807, 2.05) is 0 Å². The summed E-state index contributed by atoms with van der Waals surface area (Å²) in [6.45, 7) is 0. The van der Waals surface area contributed by atoms with E-state index in [-0.39, 0.29) is 31.6 Å². The van der Waals surface area contributed by atoms with Gasteiger partial charge in [0.25, 0.3) is 5.91 Å². The van der Waals surface area contributed by atoms with Gasteiger partial charge in [-0.3, -0.25) is 4.79 Å². The Morgan fingerprint density at radius 1 is 1.11 bits per heavy atom. The highest BCUT2D eigenvalue weighted by Gasteiger charge is 2.17. The van der Waals surface area contributed by atoms with Crippen molar-refractivity contribution in [3.63, 3.8) is 0 Å². The van der Waals surface area contributed by atoms with Crippen molar-refractivity contribution < 1.29 is 22.0 Å². The maximum Gasteiger partial charge on any atom is 0.265 e. The van der Waals surface area contributed by atoms with Crippen molar-refractivity contribution in [1.82, 2.24) is 0 Å². The number of benzene rings is 2. The molecule has 0 saturated carbocycles. The molecule has 0 aliphatic carbocycles. The molecule has 4 nitrogen and oxygen atoms in total. The molecule has 0 saturated heterocycles. The van der Waals surface area contributed by atoms with E-state index in [0.29, 0.717) is 0 Å². The molecule has 0 fully saturated rings. The first-order valence-electron chi connectivity index (χ1n) is 7.50. The Morgan fingerprint density at radius 3 is 2.41 bits per heavy atom. The largest absolute Gasteiger partial charge is 0.321 e. The summed E-state index contributed by atoms with van der Waals surface area (Å²) in [4.78, 5) is 12.6. The van der Waals surface area contributed by atoms with Crippen LogP contribution in [0.15, 0.2) is 52.7 Å². The monoisotopic (exact) mass is 427 g/mol. The van der Waals surface area contributed by atoms with Gasteiger partial charge in [0.05, 0.1) is 15.3 Å². The van der Waals surface area contributed by atoms with Crippen molar-refractivity contribution in [3.05, 3.63) is 69.4 Å². The number of carbonyl (C=O) groups excluding carboxylic acids is 1. The molecular weight excluding hydrogens is 416 g/mol. The van der Waals surface area contributed by atoms with E-state index in [0.717, 1.165) is 29.7 Å². The van der Waals surface area contributed by atoms with Gasteiger partial charge >= 0.3 is 0 Å². The zero-order valence-corrected chi connectivity index (χ0v) is 16.2. The highest BCUT2D eigenvalue weighted by molar-refractivity contribution is 7.90. The number of thiophene rings is 1. The third-order valence-electron chi connectivity index (χ3n) is 3.63. The summed E-state index contributed by atoms with van der Waals surface area (Å²) in [5.74, 6) is -2.01. The van der Waals surface area contributed by atoms with Crippen molar-refractivity contribution in [2.45, 2.75) is 4.90 Å². The number of amides is 1. The Hall–Kier alpha value is -2.29. The van der Waals surface area contributed by atoms with Crippen LogP contribution in [0.25, 0.3) is 11.1 Å². The molecule has 0 atom stereocenters. The molecule has 0 aliphatic heterocycles. The quantitative estimate of drug-likeness (QED) is 0.637. The van der Waals surface area contributed by atoms with E-state index < -0.39 is 27.4 Å². The van der Waals surface area contributed by atoms with E-state index >= 15 is 0 Å². The molecule has 1 N–H and O–H groups in total. The lowest BCUT2D eigenvalue weighted by Gasteiger charge is -2.07. The van der Waals surface area contributed by atoms with Gasteiger partial charge in [0.2, 0.25) is 0 Å². The van der Waals surface area contributed by atoms with E-state index in [2.05, 4.69) is 5.32 Å². The Morgan fingerprint density at radius 2 is 1.78 bits per heavy atom. The smallest absolute Gasteiger partial charge is 0.265 e. The molecule has 0 radical (unpaired) electrons. The maximum atomic E-state index is 13.9. The van der Waals surface area contributed by atoms with Crippen LogP contribution in [-0.2, 0) is 9.84 Å². The Labute approximate surface area is 163 Å². The second-order valence-corrected chi connectivity index (χ2v) is 9.06. The first kappa shape index (κ1) is 19.5. The normalized spacial score (nSPS) is 11.4. The number of carbonyl (C=O) groups is 1. The standard InChI is InChI=1S/C18H12ClF2NO3S2/c1-27(24,25)13-7-11(19)6-12(8-13)22-18(23)16-5-10(9-26-16)17-14(20)3-2-4-15(17)21/h2-9H,1H3,(H,22,23). The highest BCUT2D eigenvalue weighted by Crippen LogP contribution is 2.31. The lowest BCUT2D eigenvalue weighted by Crippen LogP contribution is -2.11. The van der Waals surface area contributed by atoms with Crippen molar-refractivity contribution >= 4 is 44.4 Å². The van der Waals surface area contributed by atoms with Crippen LogP contribution in [0.2, 0.25) is 5.02 Å². The average Bonchev–Trinajstić information content (AvgIpc) is 3.03. The van der Waals surface area contributed by atoms with E-state index in [4.69, 9.17) is 11.6 Å². The number of halogens is 3. The molecule has 0 bridgehead atoms. The molecule has 0 aliphatic rings. The molecule has 140 valence electrons. The van der Waals surface area contributed by atoms with Gasteiger partial charge in [-0.05, 0) is 47.3 Å². The maximum absolute atomic E-state index is 13.9. The predicted octanol–water partition coefficient (Wildman–Crippen LogP) is 5.00. The Kier molecular flexibility index (Phi) is 5.32. The number of hydrogen-bond donors (Lipinski definition) is 1. The summed E-state index contributed by atoms with van der Waals surface area (Å²) in [6.07, 6.45) is 1.03. The fourth-order valence-electron chi connectivity index (χ4n) is 2.40. The second kappa shape index (κ2) is 7.38. The zero-order valence-electron chi connectivity index (χ0n) is 13.8.